The van der Waals surface area contributed by atoms with Crippen molar-refractivity contribution in [1.29, 1.82) is 0 Å². The van der Waals surface area contributed by atoms with E-state index in [0.717, 1.165) is 41.0 Å². The van der Waals surface area contributed by atoms with Crippen molar-refractivity contribution in [3.63, 3.8) is 0 Å². The van der Waals surface area contributed by atoms with Crippen molar-refractivity contribution in [1.82, 2.24) is 14.8 Å². The predicted octanol–water partition coefficient (Wildman–Crippen LogP) is 3.19. The molecular formula is C26H31N3O4. The number of aliphatic hydroxyl groups is 1. The van der Waals surface area contributed by atoms with Crippen molar-refractivity contribution in [3.05, 3.63) is 70.9 Å². The molecule has 0 bridgehead atoms. The SMILES string of the molecule is COc1cc(C)ccc1CN1CCO[C@H](c2cc(C(=O)N(C)CCO)c3ccccc3n2)C1. The number of pyridine rings is 1. The Morgan fingerprint density at radius 1 is 1.27 bits per heavy atom. The van der Waals surface area contributed by atoms with Gasteiger partial charge >= 0.3 is 0 Å². The van der Waals surface area contributed by atoms with E-state index in [9.17, 15) is 9.90 Å². The first kappa shape index (κ1) is 23.2. The molecule has 1 aliphatic heterocycles. The number of ether oxygens (including phenoxy) is 2. The van der Waals surface area contributed by atoms with Gasteiger partial charge in [0, 0.05) is 44.2 Å². The summed E-state index contributed by atoms with van der Waals surface area (Å²) in [7, 11) is 3.40. The summed E-state index contributed by atoms with van der Waals surface area (Å²) < 4.78 is 11.7. The Morgan fingerprint density at radius 2 is 2.09 bits per heavy atom. The number of methoxy groups -OCH3 is 1. The van der Waals surface area contributed by atoms with Gasteiger partial charge in [-0.15, -0.1) is 0 Å². The van der Waals surface area contributed by atoms with Crippen LogP contribution in [0.5, 0.6) is 5.75 Å². The van der Waals surface area contributed by atoms with Gasteiger partial charge in [-0.3, -0.25) is 9.69 Å². The monoisotopic (exact) mass is 449 g/mol. The highest BCUT2D eigenvalue weighted by atomic mass is 16.5. The minimum Gasteiger partial charge on any atom is -0.496 e. The number of benzene rings is 2. The van der Waals surface area contributed by atoms with Gasteiger partial charge in [0.05, 0.1) is 37.1 Å². The fourth-order valence-corrected chi connectivity index (χ4v) is 4.24. The summed E-state index contributed by atoms with van der Waals surface area (Å²) in [5.41, 5.74) is 4.38. The highest BCUT2D eigenvalue weighted by Gasteiger charge is 2.26. The first-order valence-electron chi connectivity index (χ1n) is 11.2. The maximum Gasteiger partial charge on any atom is 0.254 e. The summed E-state index contributed by atoms with van der Waals surface area (Å²) >= 11 is 0. The van der Waals surface area contributed by atoms with Crippen LogP contribution in [0, 0.1) is 6.92 Å². The lowest BCUT2D eigenvalue weighted by Crippen LogP contribution is -2.38. The van der Waals surface area contributed by atoms with Crippen LogP contribution >= 0.6 is 0 Å². The van der Waals surface area contributed by atoms with Crippen LogP contribution in [0.2, 0.25) is 0 Å². The number of likely N-dealkylation sites (N-methyl/N-ethyl adjacent to an activating group) is 1. The van der Waals surface area contributed by atoms with Crippen molar-refractivity contribution < 1.29 is 19.4 Å². The van der Waals surface area contributed by atoms with Crippen LogP contribution in [-0.2, 0) is 11.3 Å². The number of fused-ring (bicyclic) bond motifs is 1. The zero-order chi connectivity index (χ0) is 23.4. The molecule has 174 valence electrons. The van der Waals surface area contributed by atoms with Gasteiger partial charge < -0.3 is 19.5 Å². The lowest BCUT2D eigenvalue weighted by Gasteiger charge is -2.33. The molecule has 33 heavy (non-hydrogen) atoms. The number of para-hydroxylation sites is 1. The third-order valence-corrected chi connectivity index (χ3v) is 6.07. The van der Waals surface area contributed by atoms with E-state index in [1.807, 2.05) is 30.3 Å². The molecule has 0 saturated carbocycles. The highest BCUT2D eigenvalue weighted by Crippen LogP contribution is 2.29. The number of aryl methyl sites for hydroxylation is 1. The van der Waals surface area contributed by atoms with E-state index in [1.54, 1.807) is 14.2 Å². The fourth-order valence-electron chi connectivity index (χ4n) is 4.24. The van der Waals surface area contributed by atoms with Crippen LogP contribution < -0.4 is 4.74 Å². The topological polar surface area (TPSA) is 75.1 Å². The molecule has 1 aromatic heterocycles. The van der Waals surface area contributed by atoms with Crippen LogP contribution in [0.3, 0.4) is 0 Å². The molecule has 0 unspecified atom stereocenters. The number of carbonyl (C=O) groups excluding carboxylic acids is 1. The van der Waals surface area contributed by atoms with E-state index in [0.29, 0.717) is 18.7 Å². The predicted molar refractivity (Wildman–Crippen MR) is 127 cm³/mol. The molecule has 0 aliphatic carbocycles. The van der Waals surface area contributed by atoms with Crippen molar-refractivity contribution in [2.24, 2.45) is 0 Å². The second-order valence-electron chi connectivity index (χ2n) is 8.47. The number of aromatic nitrogens is 1. The third-order valence-electron chi connectivity index (χ3n) is 6.07. The zero-order valence-electron chi connectivity index (χ0n) is 19.5. The molecule has 1 saturated heterocycles. The summed E-state index contributed by atoms with van der Waals surface area (Å²) in [6, 6.07) is 15.8. The number of amides is 1. The zero-order valence-corrected chi connectivity index (χ0v) is 19.5. The number of morpholine rings is 1. The van der Waals surface area contributed by atoms with Gasteiger partial charge in [-0.2, -0.15) is 0 Å². The Morgan fingerprint density at radius 3 is 2.88 bits per heavy atom. The van der Waals surface area contributed by atoms with Gasteiger partial charge in [0.25, 0.3) is 5.91 Å². The maximum absolute atomic E-state index is 13.1. The Hall–Kier alpha value is -3.00. The molecule has 4 rings (SSSR count). The van der Waals surface area contributed by atoms with Crippen LogP contribution in [0.25, 0.3) is 10.9 Å². The molecule has 1 aliphatic rings. The second-order valence-corrected chi connectivity index (χ2v) is 8.47. The van der Waals surface area contributed by atoms with E-state index in [-0.39, 0.29) is 25.2 Å². The molecule has 7 nitrogen and oxygen atoms in total. The van der Waals surface area contributed by atoms with Gasteiger partial charge in [0.2, 0.25) is 0 Å². The summed E-state index contributed by atoms with van der Waals surface area (Å²) in [5, 5.41) is 10.1. The van der Waals surface area contributed by atoms with E-state index < -0.39 is 0 Å². The lowest BCUT2D eigenvalue weighted by atomic mass is 10.0. The standard InChI is InChI=1S/C26H31N3O4/c1-18-8-9-19(24(14-18)32-3)16-29-11-13-33-25(17-29)23-15-21(26(31)28(2)10-12-30)20-6-4-5-7-22(20)27-23/h4-9,14-15,25,30H,10-13,16-17H2,1-3H3/t25-/m0/s1. The Labute approximate surface area is 194 Å². The van der Waals surface area contributed by atoms with E-state index >= 15 is 0 Å². The summed E-state index contributed by atoms with van der Waals surface area (Å²) in [6.07, 6.45) is -0.241. The lowest BCUT2D eigenvalue weighted by molar-refractivity contribution is -0.0350. The van der Waals surface area contributed by atoms with Crippen LogP contribution in [0.15, 0.2) is 48.5 Å². The molecule has 3 aromatic rings. The number of aliphatic hydroxyl groups excluding tert-OH is 1. The minimum absolute atomic E-state index is 0.0821. The first-order chi connectivity index (χ1) is 16.0. The molecule has 1 amide bonds. The molecule has 0 radical (unpaired) electrons. The maximum atomic E-state index is 13.1. The van der Waals surface area contributed by atoms with E-state index in [4.69, 9.17) is 14.5 Å². The van der Waals surface area contributed by atoms with Crippen molar-refractivity contribution in [3.8, 4) is 5.75 Å². The highest BCUT2D eigenvalue weighted by molar-refractivity contribution is 6.06. The Kier molecular flexibility index (Phi) is 7.23. The second kappa shape index (κ2) is 10.3. The number of carbonyl (C=O) groups is 1. The molecule has 1 fully saturated rings. The number of nitrogens with zero attached hydrogens (tertiary/aromatic N) is 3. The van der Waals surface area contributed by atoms with E-state index in [2.05, 4.69) is 30.0 Å². The quantitative estimate of drug-likeness (QED) is 0.597. The molecule has 2 heterocycles. The minimum atomic E-state index is -0.241. The molecule has 1 atom stereocenters. The van der Waals surface area contributed by atoms with Crippen molar-refractivity contribution in [2.75, 3.05) is 47.0 Å². The van der Waals surface area contributed by atoms with Gasteiger partial charge in [0.1, 0.15) is 11.9 Å². The number of rotatable bonds is 7. The van der Waals surface area contributed by atoms with Gasteiger partial charge in [-0.05, 0) is 30.7 Å². The van der Waals surface area contributed by atoms with Crippen LogP contribution in [0.4, 0.5) is 0 Å². The molecule has 0 spiro atoms. The van der Waals surface area contributed by atoms with Crippen LogP contribution in [0.1, 0.15) is 33.3 Å². The fraction of sp³-hybridized carbons (Fsp3) is 0.385. The summed E-state index contributed by atoms with van der Waals surface area (Å²) in [6.45, 7) is 5.06. The Balaban J connectivity index is 1.61. The van der Waals surface area contributed by atoms with Gasteiger partial charge in [0.15, 0.2) is 0 Å². The summed E-state index contributed by atoms with van der Waals surface area (Å²) in [5.74, 6) is 0.752. The largest absolute Gasteiger partial charge is 0.496 e. The smallest absolute Gasteiger partial charge is 0.254 e. The first-order valence-corrected chi connectivity index (χ1v) is 11.2. The number of hydrogen-bond donors (Lipinski definition) is 1. The average molecular weight is 450 g/mol. The van der Waals surface area contributed by atoms with Crippen molar-refractivity contribution in [2.45, 2.75) is 19.6 Å². The van der Waals surface area contributed by atoms with Gasteiger partial charge in [-0.25, -0.2) is 4.98 Å². The summed E-state index contributed by atoms with van der Waals surface area (Å²) in [4.78, 5) is 21.8. The normalized spacial score (nSPS) is 16.7. The molecule has 7 heteroatoms. The van der Waals surface area contributed by atoms with E-state index in [1.165, 1.54) is 10.5 Å². The average Bonchev–Trinajstić information content (AvgIpc) is 2.84. The molecule has 2 aromatic carbocycles. The van der Waals surface area contributed by atoms with Gasteiger partial charge in [-0.1, -0.05) is 30.3 Å². The molecule has 1 N–H and O–H groups in total. The van der Waals surface area contributed by atoms with Crippen LogP contribution in [-0.4, -0.2) is 72.8 Å². The number of hydrogen-bond acceptors (Lipinski definition) is 6. The molecular weight excluding hydrogens is 418 g/mol. The van der Waals surface area contributed by atoms with Crippen molar-refractivity contribution >= 4 is 16.8 Å². The Bertz CT molecular complexity index is 1130. The third kappa shape index (κ3) is 5.16.